The van der Waals surface area contributed by atoms with Crippen molar-refractivity contribution in [1.82, 2.24) is 5.32 Å². The number of rotatable bonds is 3. The van der Waals surface area contributed by atoms with Crippen molar-refractivity contribution >= 4 is 5.78 Å². The number of hydrogen-bond donors (Lipinski definition) is 1. The number of ketones is 1. The summed E-state index contributed by atoms with van der Waals surface area (Å²) in [5.74, 6) is 0.306. The second-order valence-electron chi connectivity index (χ2n) is 6.72. The molecule has 0 saturated carbocycles. The summed E-state index contributed by atoms with van der Waals surface area (Å²) >= 11 is 0. The fourth-order valence-corrected chi connectivity index (χ4v) is 2.83. The third kappa shape index (κ3) is 2.74. The molecule has 1 aromatic rings. The first kappa shape index (κ1) is 14.3. The molecule has 0 aliphatic carbocycles. The third-order valence-corrected chi connectivity index (χ3v) is 4.42. The molecule has 0 radical (unpaired) electrons. The Balaban J connectivity index is 2.25. The molecule has 0 amide bonds. The van der Waals surface area contributed by atoms with Crippen LogP contribution in [-0.4, -0.2) is 18.9 Å². The highest BCUT2D eigenvalue weighted by molar-refractivity contribution is 6.01. The van der Waals surface area contributed by atoms with E-state index in [2.05, 4.69) is 45.1 Å². The van der Waals surface area contributed by atoms with Crippen molar-refractivity contribution in [3.63, 3.8) is 0 Å². The van der Waals surface area contributed by atoms with Gasteiger partial charge in [-0.25, -0.2) is 0 Å². The molecule has 1 aliphatic rings. The van der Waals surface area contributed by atoms with Crippen molar-refractivity contribution in [3.05, 3.63) is 35.4 Å². The Morgan fingerprint density at radius 3 is 2.32 bits per heavy atom. The van der Waals surface area contributed by atoms with E-state index in [1.54, 1.807) is 0 Å². The van der Waals surface area contributed by atoms with Crippen molar-refractivity contribution in [3.8, 4) is 0 Å². The van der Waals surface area contributed by atoms with Crippen LogP contribution in [0.2, 0.25) is 0 Å². The number of carbonyl (C=O) groups excluding carboxylic acids is 1. The van der Waals surface area contributed by atoms with Crippen LogP contribution in [0.4, 0.5) is 0 Å². The average molecular weight is 259 g/mol. The van der Waals surface area contributed by atoms with Crippen molar-refractivity contribution in [1.29, 1.82) is 0 Å². The number of Topliss-reactive ketones (excluding diaryl/α,β-unsaturated/α-hetero) is 1. The van der Waals surface area contributed by atoms with Crippen LogP contribution in [0, 0.1) is 5.41 Å². The van der Waals surface area contributed by atoms with Gasteiger partial charge in [-0.05, 0) is 30.4 Å². The quantitative estimate of drug-likeness (QED) is 0.841. The van der Waals surface area contributed by atoms with Crippen molar-refractivity contribution in [2.45, 2.75) is 46.0 Å². The van der Waals surface area contributed by atoms with E-state index in [-0.39, 0.29) is 10.8 Å². The molecule has 2 nitrogen and oxygen atoms in total. The second kappa shape index (κ2) is 5.09. The summed E-state index contributed by atoms with van der Waals surface area (Å²) in [5, 5.41) is 3.33. The average Bonchev–Trinajstić information content (AvgIpc) is 2.87. The lowest BCUT2D eigenvalue weighted by Gasteiger charge is -2.25. The van der Waals surface area contributed by atoms with Crippen LogP contribution in [0.25, 0.3) is 0 Å². The predicted octanol–water partition coefficient (Wildman–Crippen LogP) is 3.56. The molecule has 1 aromatic carbocycles. The maximum absolute atomic E-state index is 12.7. The first-order chi connectivity index (χ1) is 8.89. The Hall–Kier alpha value is -1.15. The predicted molar refractivity (Wildman–Crippen MR) is 79.7 cm³/mol. The molecule has 1 N–H and O–H groups in total. The summed E-state index contributed by atoms with van der Waals surface area (Å²) in [6.45, 7) is 10.5. The van der Waals surface area contributed by atoms with Crippen molar-refractivity contribution in [2.75, 3.05) is 13.1 Å². The highest BCUT2D eigenvalue weighted by Gasteiger charge is 2.39. The molecule has 2 heteroatoms. The summed E-state index contributed by atoms with van der Waals surface area (Å²) in [7, 11) is 0. The molecule has 0 aromatic heterocycles. The van der Waals surface area contributed by atoms with Crippen LogP contribution < -0.4 is 5.32 Å². The Bertz CT molecular complexity index is 447. The zero-order valence-corrected chi connectivity index (χ0v) is 12.5. The van der Waals surface area contributed by atoms with Crippen LogP contribution in [0.5, 0.6) is 0 Å². The molecular weight excluding hydrogens is 234 g/mol. The summed E-state index contributed by atoms with van der Waals surface area (Å²) in [4.78, 5) is 12.7. The SMILES string of the molecule is CCC1(C(=O)c2ccc(C(C)(C)C)cc2)CCNC1. The first-order valence-electron chi connectivity index (χ1n) is 7.25. The van der Waals surface area contributed by atoms with Gasteiger partial charge in [0.2, 0.25) is 0 Å². The van der Waals surface area contributed by atoms with Crippen molar-refractivity contribution in [2.24, 2.45) is 5.41 Å². The molecule has 1 heterocycles. The normalized spacial score (nSPS) is 23.6. The Morgan fingerprint density at radius 2 is 1.89 bits per heavy atom. The zero-order valence-electron chi connectivity index (χ0n) is 12.5. The van der Waals surface area contributed by atoms with Crippen LogP contribution in [-0.2, 0) is 5.41 Å². The summed E-state index contributed by atoms with van der Waals surface area (Å²) in [6.07, 6.45) is 1.88. The standard InChI is InChI=1S/C17H25NO/c1-5-17(10-11-18-12-17)15(19)13-6-8-14(9-7-13)16(2,3)4/h6-9,18H,5,10-12H2,1-4H3. The Morgan fingerprint density at radius 1 is 1.26 bits per heavy atom. The van der Waals surface area contributed by atoms with Gasteiger partial charge in [0.15, 0.2) is 5.78 Å². The van der Waals surface area contributed by atoms with Gasteiger partial charge in [0.25, 0.3) is 0 Å². The molecule has 0 bridgehead atoms. The number of hydrogen-bond acceptors (Lipinski definition) is 2. The molecule has 2 rings (SSSR count). The molecule has 1 aliphatic heterocycles. The van der Waals surface area contributed by atoms with E-state index in [9.17, 15) is 4.79 Å². The Labute approximate surface area is 116 Å². The monoisotopic (exact) mass is 259 g/mol. The van der Waals surface area contributed by atoms with Crippen molar-refractivity contribution < 1.29 is 4.79 Å². The maximum atomic E-state index is 12.7. The van der Waals surface area contributed by atoms with E-state index in [1.165, 1.54) is 5.56 Å². The number of benzene rings is 1. The highest BCUT2D eigenvalue weighted by Crippen LogP contribution is 2.34. The minimum Gasteiger partial charge on any atom is -0.316 e. The van der Waals surface area contributed by atoms with Gasteiger partial charge in [-0.3, -0.25) is 4.79 Å². The van der Waals surface area contributed by atoms with Gasteiger partial charge in [0.05, 0.1) is 0 Å². The topological polar surface area (TPSA) is 29.1 Å². The molecule has 19 heavy (non-hydrogen) atoms. The van der Waals surface area contributed by atoms with E-state index >= 15 is 0 Å². The molecule has 1 saturated heterocycles. The minimum absolute atomic E-state index is 0.138. The largest absolute Gasteiger partial charge is 0.316 e. The molecule has 104 valence electrons. The molecule has 1 unspecified atom stereocenters. The van der Waals surface area contributed by atoms with Crippen LogP contribution in [0.15, 0.2) is 24.3 Å². The van der Waals surface area contributed by atoms with E-state index in [0.717, 1.165) is 31.5 Å². The number of carbonyl (C=O) groups is 1. The van der Waals surface area contributed by atoms with E-state index in [1.807, 2.05) is 12.1 Å². The maximum Gasteiger partial charge on any atom is 0.170 e. The molecule has 1 fully saturated rings. The zero-order chi connectivity index (χ0) is 14.1. The van der Waals surface area contributed by atoms with E-state index in [0.29, 0.717) is 5.78 Å². The third-order valence-electron chi connectivity index (χ3n) is 4.42. The lowest BCUT2D eigenvalue weighted by atomic mass is 9.77. The van der Waals surface area contributed by atoms with Crippen LogP contribution in [0.3, 0.4) is 0 Å². The van der Waals surface area contributed by atoms with Gasteiger partial charge < -0.3 is 5.32 Å². The molecular formula is C17H25NO. The van der Waals surface area contributed by atoms with E-state index < -0.39 is 0 Å². The summed E-state index contributed by atoms with van der Waals surface area (Å²) in [5.41, 5.74) is 2.10. The van der Waals surface area contributed by atoms with Gasteiger partial charge in [-0.1, -0.05) is 52.0 Å². The lowest BCUT2D eigenvalue weighted by Crippen LogP contribution is -2.33. The van der Waals surface area contributed by atoms with Crippen LogP contribution in [0.1, 0.15) is 56.5 Å². The fourth-order valence-electron chi connectivity index (χ4n) is 2.83. The number of nitrogens with one attached hydrogen (secondary N) is 1. The highest BCUT2D eigenvalue weighted by atomic mass is 16.1. The lowest BCUT2D eigenvalue weighted by molar-refractivity contribution is 0.0810. The van der Waals surface area contributed by atoms with Gasteiger partial charge >= 0.3 is 0 Å². The van der Waals surface area contributed by atoms with Crippen LogP contribution >= 0.6 is 0 Å². The molecule has 1 atom stereocenters. The Kier molecular flexibility index (Phi) is 3.82. The van der Waals surface area contributed by atoms with Gasteiger partial charge in [0.1, 0.15) is 0 Å². The fraction of sp³-hybridized carbons (Fsp3) is 0.588. The molecule has 0 spiro atoms. The minimum atomic E-state index is -0.177. The summed E-state index contributed by atoms with van der Waals surface area (Å²) in [6, 6.07) is 8.19. The summed E-state index contributed by atoms with van der Waals surface area (Å²) < 4.78 is 0. The van der Waals surface area contributed by atoms with Gasteiger partial charge in [0, 0.05) is 17.5 Å². The smallest absolute Gasteiger partial charge is 0.170 e. The van der Waals surface area contributed by atoms with Gasteiger partial charge in [-0.2, -0.15) is 0 Å². The van der Waals surface area contributed by atoms with E-state index in [4.69, 9.17) is 0 Å². The second-order valence-corrected chi connectivity index (χ2v) is 6.72. The van der Waals surface area contributed by atoms with Gasteiger partial charge in [-0.15, -0.1) is 0 Å². The first-order valence-corrected chi connectivity index (χ1v) is 7.25.